The largest absolute Gasteiger partial charge is 1.00 e. The van der Waals surface area contributed by atoms with Gasteiger partial charge in [-0.15, -0.1) is 0 Å². The molecule has 1 N–H and O–H groups in total. The Morgan fingerprint density at radius 3 is 2.29 bits per heavy atom. The first-order chi connectivity index (χ1) is 13.0. The van der Waals surface area contributed by atoms with Crippen molar-refractivity contribution >= 4 is 21.5 Å². The summed E-state index contributed by atoms with van der Waals surface area (Å²) in [6.07, 6.45) is 5.17. The monoisotopic (exact) mass is 410 g/mol. The van der Waals surface area contributed by atoms with Crippen molar-refractivity contribution in [2.75, 3.05) is 10.2 Å². The summed E-state index contributed by atoms with van der Waals surface area (Å²) in [7, 11) is -4.63. The van der Waals surface area contributed by atoms with Crippen molar-refractivity contribution in [2.24, 2.45) is 0 Å². The van der Waals surface area contributed by atoms with Gasteiger partial charge in [-0.2, -0.15) is 0 Å². The molecule has 0 amide bonds. The molecule has 5 nitrogen and oxygen atoms in total. The summed E-state index contributed by atoms with van der Waals surface area (Å²) in [6, 6.07) is 17.1. The minimum atomic E-state index is -4.63. The second-order valence-electron chi connectivity index (χ2n) is 7.12. The average molecular weight is 411 g/mol. The average Bonchev–Trinajstić information content (AvgIpc) is 2.97. The molecule has 1 unspecified atom stereocenters. The molecule has 1 heterocycles. The molecular weight excluding hydrogens is 383 g/mol. The summed E-state index contributed by atoms with van der Waals surface area (Å²) in [5.41, 5.74) is 2.42. The van der Waals surface area contributed by atoms with Crippen LogP contribution in [0.4, 0.5) is 11.4 Å². The summed E-state index contributed by atoms with van der Waals surface area (Å²) < 4.78 is 37.5. The SMILES string of the molecule is CCCCCCCC1(S(=O)(=O)[O-])Nc2ccccc2N1Cc1ccccc1.[Na+]. The van der Waals surface area contributed by atoms with Gasteiger partial charge in [-0.1, -0.05) is 75.1 Å². The van der Waals surface area contributed by atoms with Crippen LogP contribution in [0.1, 0.15) is 51.0 Å². The number of benzene rings is 2. The molecule has 146 valence electrons. The van der Waals surface area contributed by atoms with Crippen LogP contribution in [0.25, 0.3) is 0 Å². The Labute approximate surface area is 190 Å². The van der Waals surface area contributed by atoms with Crippen LogP contribution in [-0.2, 0) is 16.7 Å². The van der Waals surface area contributed by atoms with E-state index < -0.39 is 15.1 Å². The van der Waals surface area contributed by atoms with Gasteiger partial charge in [-0.05, 0) is 24.1 Å². The maximum Gasteiger partial charge on any atom is 1.00 e. The van der Waals surface area contributed by atoms with Gasteiger partial charge in [0.1, 0.15) is 10.1 Å². The fourth-order valence-corrected chi connectivity index (χ4v) is 4.82. The third kappa shape index (κ3) is 4.92. The van der Waals surface area contributed by atoms with Gasteiger partial charge in [0.25, 0.3) is 0 Å². The van der Waals surface area contributed by atoms with Gasteiger partial charge in [0.15, 0.2) is 0 Å². The Balaban J connectivity index is 0.00000280. The number of hydrogen-bond acceptors (Lipinski definition) is 5. The molecule has 0 saturated carbocycles. The van der Waals surface area contributed by atoms with E-state index >= 15 is 0 Å². The summed E-state index contributed by atoms with van der Waals surface area (Å²) in [5, 5.41) is 3.07. The maximum atomic E-state index is 12.5. The third-order valence-corrected chi connectivity index (χ3v) is 6.53. The Bertz CT molecular complexity index is 861. The van der Waals surface area contributed by atoms with E-state index in [2.05, 4.69) is 12.2 Å². The first-order valence-corrected chi connectivity index (χ1v) is 11.0. The van der Waals surface area contributed by atoms with Crippen molar-refractivity contribution in [3.05, 3.63) is 60.2 Å². The van der Waals surface area contributed by atoms with Crippen LogP contribution in [0.2, 0.25) is 0 Å². The number of para-hydroxylation sites is 2. The van der Waals surface area contributed by atoms with E-state index in [4.69, 9.17) is 0 Å². The molecule has 28 heavy (non-hydrogen) atoms. The number of rotatable bonds is 9. The molecule has 0 aromatic heterocycles. The molecule has 2 aromatic carbocycles. The van der Waals surface area contributed by atoms with Crippen LogP contribution in [0.3, 0.4) is 0 Å². The molecule has 1 aliphatic heterocycles. The molecule has 0 bridgehead atoms. The van der Waals surface area contributed by atoms with Crippen LogP contribution in [0.5, 0.6) is 0 Å². The summed E-state index contributed by atoms with van der Waals surface area (Å²) >= 11 is 0. The van der Waals surface area contributed by atoms with Gasteiger partial charge >= 0.3 is 29.6 Å². The second-order valence-corrected chi connectivity index (χ2v) is 8.70. The van der Waals surface area contributed by atoms with Gasteiger partial charge in [-0.25, -0.2) is 8.42 Å². The third-order valence-electron chi connectivity index (χ3n) is 5.18. The Morgan fingerprint density at radius 1 is 0.964 bits per heavy atom. The van der Waals surface area contributed by atoms with E-state index in [0.29, 0.717) is 18.7 Å². The van der Waals surface area contributed by atoms with Crippen LogP contribution in [0, 0.1) is 0 Å². The van der Waals surface area contributed by atoms with E-state index in [1.165, 1.54) is 0 Å². The van der Waals surface area contributed by atoms with Crippen LogP contribution < -0.4 is 39.8 Å². The van der Waals surface area contributed by atoms with E-state index in [1.54, 1.807) is 4.90 Å². The molecule has 3 rings (SSSR count). The smallest absolute Gasteiger partial charge is 0.745 e. The molecule has 0 spiro atoms. The summed E-state index contributed by atoms with van der Waals surface area (Å²) in [6.45, 7) is 2.50. The fourth-order valence-electron chi connectivity index (χ4n) is 3.75. The normalized spacial score (nSPS) is 18.3. The second kappa shape index (κ2) is 10.1. The number of nitrogens with zero attached hydrogens (tertiary/aromatic N) is 1. The molecule has 0 fully saturated rings. The predicted octanol–water partition coefficient (Wildman–Crippen LogP) is 1.68. The zero-order valence-corrected chi connectivity index (χ0v) is 19.5. The fraction of sp³-hybridized carbons (Fsp3) is 0.429. The number of fused-ring (bicyclic) bond motifs is 1. The van der Waals surface area contributed by atoms with Gasteiger partial charge < -0.3 is 14.8 Å². The molecular formula is C21H27N2NaO3S. The summed E-state index contributed by atoms with van der Waals surface area (Å²) in [5.74, 6) is 0. The molecule has 1 aliphatic rings. The van der Waals surface area contributed by atoms with Crippen LogP contribution in [-0.4, -0.2) is 18.0 Å². The quantitative estimate of drug-likeness (QED) is 0.387. The van der Waals surface area contributed by atoms with Crippen LogP contribution >= 0.6 is 0 Å². The topological polar surface area (TPSA) is 72.5 Å². The number of nitrogens with one attached hydrogen (secondary N) is 1. The molecule has 1 atom stereocenters. The van der Waals surface area contributed by atoms with E-state index in [-0.39, 0.29) is 36.0 Å². The predicted molar refractivity (Wildman–Crippen MR) is 108 cm³/mol. The van der Waals surface area contributed by atoms with Crippen molar-refractivity contribution in [3.8, 4) is 0 Å². The molecule has 0 aliphatic carbocycles. The van der Waals surface area contributed by atoms with Gasteiger partial charge in [0.2, 0.25) is 4.99 Å². The Hall–Kier alpha value is -1.05. The van der Waals surface area contributed by atoms with Crippen molar-refractivity contribution in [2.45, 2.75) is 57.0 Å². The minimum Gasteiger partial charge on any atom is -0.745 e. The van der Waals surface area contributed by atoms with E-state index in [0.717, 1.165) is 36.9 Å². The molecule has 0 radical (unpaired) electrons. The number of anilines is 2. The summed E-state index contributed by atoms with van der Waals surface area (Å²) in [4.78, 5) is 0.0958. The van der Waals surface area contributed by atoms with Crippen molar-refractivity contribution in [3.63, 3.8) is 0 Å². The standard InChI is InChI=1S/C21H28N2O3S.Na/c1-2-3-4-5-11-16-21(27(24,25)26)22-19-14-9-10-15-20(19)23(21)17-18-12-7-6-8-13-18;/h6-10,12-15,22H,2-5,11,16-17H2,1H3,(H,24,25,26);/q;+1/p-1. The molecule has 7 heteroatoms. The Morgan fingerprint density at radius 2 is 1.61 bits per heavy atom. The Kier molecular flexibility index (Phi) is 8.40. The van der Waals surface area contributed by atoms with Gasteiger partial charge in [-0.3, -0.25) is 0 Å². The number of hydrogen-bond donors (Lipinski definition) is 1. The van der Waals surface area contributed by atoms with Crippen molar-refractivity contribution in [1.29, 1.82) is 0 Å². The maximum absolute atomic E-state index is 12.5. The van der Waals surface area contributed by atoms with Gasteiger partial charge in [0.05, 0.1) is 11.4 Å². The van der Waals surface area contributed by atoms with Gasteiger partial charge in [0, 0.05) is 13.0 Å². The molecule has 2 aromatic rings. The van der Waals surface area contributed by atoms with E-state index in [1.807, 2.05) is 54.6 Å². The van der Waals surface area contributed by atoms with Crippen LogP contribution in [0.15, 0.2) is 54.6 Å². The molecule has 0 saturated heterocycles. The van der Waals surface area contributed by atoms with Crippen molar-refractivity contribution in [1.82, 2.24) is 0 Å². The number of unbranched alkanes of at least 4 members (excludes halogenated alkanes) is 4. The zero-order chi connectivity index (χ0) is 19.3. The first-order valence-electron chi connectivity index (χ1n) is 9.62. The van der Waals surface area contributed by atoms with E-state index in [9.17, 15) is 13.0 Å². The van der Waals surface area contributed by atoms with Crippen molar-refractivity contribution < 1.29 is 42.5 Å². The first kappa shape index (κ1) is 23.2. The minimum absolute atomic E-state index is 0. The zero-order valence-electron chi connectivity index (χ0n) is 16.7.